The molecular formula is C18H15Cl2N5O2. The van der Waals surface area contributed by atoms with Crippen LogP contribution in [-0.4, -0.2) is 14.9 Å². The molecule has 1 aromatic heterocycles. The molecule has 0 fully saturated rings. The minimum atomic E-state index is -0.544. The Morgan fingerprint density at radius 3 is 2.30 bits per heavy atom. The largest absolute Gasteiger partial charge is 0.353 e. The lowest BCUT2D eigenvalue weighted by Crippen LogP contribution is -2.06. The van der Waals surface area contributed by atoms with Crippen LogP contribution in [0.3, 0.4) is 0 Å². The van der Waals surface area contributed by atoms with E-state index in [1.54, 1.807) is 18.2 Å². The highest BCUT2D eigenvalue weighted by Gasteiger charge is 2.24. The summed E-state index contributed by atoms with van der Waals surface area (Å²) in [6.45, 7) is 2.00. The highest BCUT2D eigenvalue weighted by molar-refractivity contribution is 6.43. The van der Waals surface area contributed by atoms with Gasteiger partial charge in [-0.05, 0) is 30.2 Å². The summed E-state index contributed by atoms with van der Waals surface area (Å²) in [5.41, 5.74) is 1.87. The van der Waals surface area contributed by atoms with Crippen molar-refractivity contribution in [2.45, 2.75) is 13.3 Å². The molecule has 0 atom stereocenters. The first-order valence-electron chi connectivity index (χ1n) is 8.06. The van der Waals surface area contributed by atoms with Gasteiger partial charge >= 0.3 is 5.69 Å². The van der Waals surface area contributed by atoms with Crippen LogP contribution < -0.4 is 10.6 Å². The second kappa shape index (κ2) is 8.20. The number of hydrogen-bond acceptors (Lipinski definition) is 6. The molecule has 2 aromatic carbocycles. The van der Waals surface area contributed by atoms with Crippen LogP contribution in [0, 0.1) is 10.1 Å². The highest BCUT2D eigenvalue weighted by Crippen LogP contribution is 2.37. The Morgan fingerprint density at radius 1 is 1.00 bits per heavy atom. The molecule has 3 aromatic rings. The average molecular weight is 404 g/mol. The summed E-state index contributed by atoms with van der Waals surface area (Å²) in [6.07, 6.45) is 2.01. The lowest BCUT2D eigenvalue weighted by Gasteiger charge is -2.13. The van der Waals surface area contributed by atoms with E-state index < -0.39 is 4.92 Å². The molecule has 0 unspecified atom stereocenters. The van der Waals surface area contributed by atoms with Gasteiger partial charge in [0, 0.05) is 5.69 Å². The SMILES string of the molecule is CCc1ccccc1Nc1ncnc(Nc2cccc(Cl)c2Cl)c1[N+](=O)[O-]. The van der Waals surface area contributed by atoms with E-state index in [1.807, 2.05) is 31.2 Å². The zero-order valence-corrected chi connectivity index (χ0v) is 15.8. The average Bonchev–Trinajstić information content (AvgIpc) is 2.66. The Bertz CT molecular complexity index is 997. The Balaban J connectivity index is 2.03. The number of nitrogens with one attached hydrogen (secondary N) is 2. The van der Waals surface area contributed by atoms with Crippen molar-refractivity contribution in [3.8, 4) is 0 Å². The first-order valence-corrected chi connectivity index (χ1v) is 8.82. The zero-order valence-electron chi connectivity index (χ0n) is 14.2. The fraction of sp³-hybridized carbons (Fsp3) is 0.111. The predicted molar refractivity (Wildman–Crippen MR) is 108 cm³/mol. The second-order valence-electron chi connectivity index (χ2n) is 5.54. The topological polar surface area (TPSA) is 93.0 Å². The monoisotopic (exact) mass is 403 g/mol. The molecule has 27 heavy (non-hydrogen) atoms. The summed E-state index contributed by atoms with van der Waals surface area (Å²) in [7, 11) is 0. The Kier molecular flexibility index (Phi) is 5.73. The van der Waals surface area contributed by atoms with Crippen LogP contribution in [0.4, 0.5) is 28.7 Å². The van der Waals surface area contributed by atoms with Gasteiger partial charge in [0.2, 0.25) is 11.6 Å². The molecule has 0 radical (unpaired) electrons. The van der Waals surface area contributed by atoms with Crippen LogP contribution in [0.15, 0.2) is 48.8 Å². The second-order valence-corrected chi connectivity index (χ2v) is 6.32. The van der Waals surface area contributed by atoms with Crippen LogP contribution in [-0.2, 0) is 6.42 Å². The molecule has 0 aliphatic heterocycles. The molecular weight excluding hydrogens is 389 g/mol. The van der Waals surface area contributed by atoms with Crippen molar-refractivity contribution in [1.82, 2.24) is 9.97 Å². The molecule has 0 spiro atoms. The van der Waals surface area contributed by atoms with Crippen molar-refractivity contribution in [3.05, 3.63) is 74.5 Å². The van der Waals surface area contributed by atoms with Gasteiger partial charge in [-0.2, -0.15) is 0 Å². The first-order chi connectivity index (χ1) is 13.0. The van der Waals surface area contributed by atoms with E-state index >= 15 is 0 Å². The molecule has 2 N–H and O–H groups in total. The maximum Gasteiger partial charge on any atom is 0.353 e. The minimum absolute atomic E-state index is 0.00986. The van der Waals surface area contributed by atoms with E-state index in [0.29, 0.717) is 10.7 Å². The Hall–Kier alpha value is -2.90. The molecule has 0 amide bonds. The minimum Gasteiger partial charge on any atom is -0.334 e. The van der Waals surface area contributed by atoms with Gasteiger partial charge in [0.1, 0.15) is 6.33 Å². The van der Waals surface area contributed by atoms with Crippen LogP contribution in [0.25, 0.3) is 0 Å². The van der Waals surface area contributed by atoms with Crippen LogP contribution >= 0.6 is 23.2 Å². The number of aromatic nitrogens is 2. The van der Waals surface area contributed by atoms with Gasteiger partial charge in [-0.15, -0.1) is 0 Å². The maximum absolute atomic E-state index is 11.7. The van der Waals surface area contributed by atoms with E-state index in [-0.39, 0.29) is 22.3 Å². The molecule has 7 nitrogen and oxygen atoms in total. The van der Waals surface area contributed by atoms with Gasteiger partial charge < -0.3 is 10.6 Å². The van der Waals surface area contributed by atoms with Crippen LogP contribution in [0.5, 0.6) is 0 Å². The standard InChI is InChI=1S/C18H15Cl2N5O2/c1-2-11-6-3-4-8-13(11)23-17-16(25(26)27)18(22-10-21-17)24-14-9-5-7-12(19)15(14)20/h3-10H,2H2,1H3,(H2,21,22,23,24). The molecule has 0 aliphatic rings. The molecule has 0 bridgehead atoms. The Labute approximate surface area is 165 Å². The fourth-order valence-corrected chi connectivity index (χ4v) is 2.89. The van der Waals surface area contributed by atoms with Gasteiger partial charge in [0.05, 0.1) is 20.7 Å². The number of hydrogen-bond donors (Lipinski definition) is 2. The molecule has 1 heterocycles. The van der Waals surface area contributed by atoms with E-state index in [0.717, 1.165) is 17.7 Å². The van der Waals surface area contributed by atoms with E-state index in [1.165, 1.54) is 6.33 Å². The number of rotatable bonds is 6. The number of benzene rings is 2. The van der Waals surface area contributed by atoms with Gasteiger partial charge in [-0.3, -0.25) is 10.1 Å². The number of para-hydroxylation sites is 1. The first kappa shape index (κ1) is 18.9. The normalized spacial score (nSPS) is 10.5. The summed E-state index contributed by atoms with van der Waals surface area (Å²) < 4.78 is 0. The van der Waals surface area contributed by atoms with Crippen molar-refractivity contribution >= 4 is 51.9 Å². The fourth-order valence-electron chi connectivity index (χ4n) is 2.54. The third-order valence-electron chi connectivity index (χ3n) is 3.86. The Morgan fingerprint density at radius 2 is 1.63 bits per heavy atom. The number of anilines is 4. The molecule has 3 rings (SSSR count). The maximum atomic E-state index is 11.7. The summed E-state index contributed by atoms with van der Waals surface area (Å²) in [5, 5.41) is 18.2. The number of nitrogens with zero attached hydrogens (tertiary/aromatic N) is 3. The molecule has 0 aliphatic carbocycles. The quantitative estimate of drug-likeness (QED) is 0.402. The molecule has 0 saturated carbocycles. The summed E-state index contributed by atoms with van der Waals surface area (Å²) in [6, 6.07) is 12.5. The number of halogens is 2. The molecule has 9 heteroatoms. The zero-order chi connectivity index (χ0) is 19.4. The van der Waals surface area contributed by atoms with Crippen molar-refractivity contribution in [3.63, 3.8) is 0 Å². The summed E-state index contributed by atoms with van der Waals surface area (Å²) in [5.74, 6) is 0.0900. The summed E-state index contributed by atoms with van der Waals surface area (Å²) >= 11 is 12.2. The van der Waals surface area contributed by atoms with Crippen molar-refractivity contribution in [1.29, 1.82) is 0 Å². The van der Waals surface area contributed by atoms with E-state index in [2.05, 4.69) is 20.6 Å². The smallest absolute Gasteiger partial charge is 0.334 e. The number of aryl methyl sites for hydroxylation is 1. The van der Waals surface area contributed by atoms with Crippen molar-refractivity contribution < 1.29 is 4.92 Å². The van der Waals surface area contributed by atoms with Gasteiger partial charge in [0.15, 0.2) is 0 Å². The van der Waals surface area contributed by atoms with E-state index in [4.69, 9.17) is 23.2 Å². The van der Waals surface area contributed by atoms with Crippen molar-refractivity contribution in [2.24, 2.45) is 0 Å². The van der Waals surface area contributed by atoms with Gasteiger partial charge in [-0.1, -0.05) is 54.4 Å². The van der Waals surface area contributed by atoms with Crippen molar-refractivity contribution in [2.75, 3.05) is 10.6 Å². The highest BCUT2D eigenvalue weighted by atomic mass is 35.5. The van der Waals surface area contributed by atoms with Crippen LogP contribution in [0.1, 0.15) is 12.5 Å². The van der Waals surface area contributed by atoms with Crippen LogP contribution in [0.2, 0.25) is 10.0 Å². The third-order valence-corrected chi connectivity index (χ3v) is 4.68. The van der Waals surface area contributed by atoms with E-state index in [9.17, 15) is 10.1 Å². The predicted octanol–water partition coefficient (Wildman–Crippen LogP) is 5.74. The summed E-state index contributed by atoms with van der Waals surface area (Å²) in [4.78, 5) is 19.2. The van der Waals surface area contributed by atoms with Gasteiger partial charge in [-0.25, -0.2) is 9.97 Å². The molecule has 0 saturated heterocycles. The van der Waals surface area contributed by atoms with Gasteiger partial charge in [0.25, 0.3) is 0 Å². The lowest BCUT2D eigenvalue weighted by atomic mass is 10.1. The number of nitro groups is 1. The lowest BCUT2D eigenvalue weighted by molar-refractivity contribution is -0.383. The third kappa shape index (κ3) is 4.10. The molecule has 138 valence electrons.